The Bertz CT molecular complexity index is 622. The lowest BCUT2D eigenvalue weighted by molar-refractivity contribution is 0.548. The number of halogens is 2. The van der Waals surface area contributed by atoms with Crippen LogP contribution in [-0.4, -0.2) is 21.5 Å². The van der Waals surface area contributed by atoms with E-state index >= 15 is 0 Å². The maximum Gasteiger partial charge on any atom is 0.154 e. The van der Waals surface area contributed by atoms with Crippen molar-refractivity contribution in [2.45, 2.75) is 33.7 Å². The van der Waals surface area contributed by atoms with E-state index in [4.69, 9.17) is 0 Å². The number of aromatic nitrogens is 3. The van der Waals surface area contributed by atoms with Crippen LogP contribution in [0.5, 0.6) is 0 Å². The zero-order valence-corrected chi connectivity index (χ0v) is 12.0. The summed E-state index contributed by atoms with van der Waals surface area (Å²) in [5.41, 5.74) is 1.51. The van der Waals surface area contributed by atoms with E-state index in [1.165, 1.54) is 16.8 Å². The van der Waals surface area contributed by atoms with Crippen molar-refractivity contribution in [1.29, 1.82) is 0 Å². The molecular weight excluding hydrogens is 262 g/mol. The molecule has 0 aliphatic heterocycles. The summed E-state index contributed by atoms with van der Waals surface area (Å²) in [5.74, 6) is -1.26. The molecule has 0 saturated carbocycles. The minimum atomic E-state index is -0.649. The lowest BCUT2D eigenvalue weighted by Crippen LogP contribution is -2.19. The molecule has 0 fully saturated rings. The van der Waals surface area contributed by atoms with Crippen molar-refractivity contribution in [2.75, 3.05) is 6.54 Å². The van der Waals surface area contributed by atoms with Gasteiger partial charge in [-0.1, -0.05) is 18.2 Å². The highest BCUT2D eigenvalue weighted by atomic mass is 19.1. The Labute approximate surface area is 116 Å². The Kier molecular flexibility index (Phi) is 4.13. The van der Waals surface area contributed by atoms with Crippen molar-refractivity contribution < 1.29 is 8.78 Å². The van der Waals surface area contributed by atoms with Gasteiger partial charge in [0.25, 0.3) is 0 Å². The minimum absolute atomic E-state index is 0.0234. The molecule has 0 saturated heterocycles. The Morgan fingerprint density at radius 2 is 2.00 bits per heavy atom. The molecule has 20 heavy (non-hydrogen) atoms. The van der Waals surface area contributed by atoms with Crippen LogP contribution < -0.4 is 5.32 Å². The highest BCUT2D eigenvalue weighted by Gasteiger charge is 2.20. The molecule has 0 aliphatic rings. The quantitative estimate of drug-likeness (QED) is 0.936. The van der Waals surface area contributed by atoms with Gasteiger partial charge in [-0.05, 0) is 38.9 Å². The van der Waals surface area contributed by atoms with Gasteiger partial charge in [0.1, 0.15) is 11.4 Å². The number of nitrogens with zero attached hydrogens (tertiary/aromatic N) is 3. The van der Waals surface area contributed by atoms with Crippen LogP contribution in [0, 0.1) is 25.5 Å². The molecule has 0 aliphatic carbocycles. The summed E-state index contributed by atoms with van der Waals surface area (Å²) < 4.78 is 29.3. The van der Waals surface area contributed by atoms with Crippen LogP contribution in [-0.2, 0) is 0 Å². The molecule has 2 aromatic rings. The number of nitrogens with one attached hydrogen (secondary N) is 1. The molecule has 108 valence electrons. The van der Waals surface area contributed by atoms with Gasteiger partial charge in [-0.25, -0.2) is 13.5 Å². The monoisotopic (exact) mass is 280 g/mol. The number of aryl methyl sites for hydroxylation is 1. The summed E-state index contributed by atoms with van der Waals surface area (Å²) >= 11 is 0. The predicted molar refractivity (Wildman–Crippen MR) is 72.8 cm³/mol. The van der Waals surface area contributed by atoms with Crippen molar-refractivity contribution in [3.63, 3.8) is 0 Å². The summed E-state index contributed by atoms with van der Waals surface area (Å²) in [6, 6.07) is 2.62. The lowest BCUT2D eigenvalue weighted by Gasteiger charge is -2.11. The highest BCUT2D eigenvalue weighted by Crippen LogP contribution is 2.23. The fraction of sp³-hybridized carbons (Fsp3) is 0.429. The third-order valence-corrected chi connectivity index (χ3v) is 3.32. The van der Waals surface area contributed by atoms with E-state index in [9.17, 15) is 8.78 Å². The summed E-state index contributed by atoms with van der Waals surface area (Å²) in [5, 5.41) is 11.1. The molecule has 1 atom stereocenters. The Balaban J connectivity index is 2.53. The Morgan fingerprint density at radius 3 is 2.65 bits per heavy atom. The number of rotatable bonds is 4. The van der Waals surface area contributed by atoms with Gasteiger partial charge in [0.2, 0.25) is 0 Å². The smallest absolute Gasteiger partial charge is 0.154 e. The number of hydrogen-bond acceptors (Lipinski definition) is 3. The second kappa shape index (κ2) is 5.66. The molecule has 1 aromatic carbocycles. The molecule has 1 unspecified atom stereocenters. The SMILES string of the molecule is CCNC(C)c1nnn(-c2c(F)ccc(C)c2F)c1C. The summed E-state index contributed by atoms with van der Waals surface area (Å²) in [7, 11) is 0. The highest BCUT2D eigenvalue weighted by molar-refractivity contribution is 5.40. The van der Waals surface area contributed by atoms with Crippen LogP contribution >= 0.6 is 0 Å². The predicted octanol–water partition coefficient (Wildman–Crippen LogP) is 2.83. The Morgan fingerprint density at radius 1 is 1.30 bits per heavy atom. The van der Waals surface area contributed by atoms with Crippen molar-refractivity contribution in [1.82, 2.24) is 20.3 Å². The van der Waals surface area contributed by atoms with E-state index < -0.39 is 11.6 Å². The van der Waals surface area contributed by atoms with Gasteiger partial charge in [-0.2, -0.15) is 0 Å². The Hall–Kier alpha value is -1.82. The van der Waals surface area contributed by atoms with Crippen molar-refractivity contribution in [3.8, 4) is 5.69 Å². The van der Waals surface area contributed by atoms with Crippen molar-refractivity contribution in [2.24, 2.45) is 0 Å². The number of hydrogen-bond donors (Lipinski definition) is 1. The standard InChI is InChI=1S/C14H18F2N4/c1-5-17-9(3)13-10(4)20(19-18-13)14-11(15)7-6-8(2)12(14)16/h6-7,9,17H,5H2,1-4H3. The van der Waals surface area contributed by atoms with Gasteiger partial charge in [-0.3, -0.25) is 0 Å². The van der Waals surface area contributed by atoms with Gasteiger partial charge in [-0.15, -0.1) is 5.10 Å². The first-order valence-corrected chi connectivity index (χ1v) is 6.57. The molecule has 1 aromatic heterocycles. The average molecular weight is 280 g/mol. The van der Waals surface area contributed by atoms with E-state index in [2.05, 4.69) is 15.6 Å². The molecule has 0 amide bonds. The molecule has 1 N–H and O–H groups in total. The van der Waals surface area contributed by atoms with E-state index in [1.54, 1.807) is 13.8 Å². The zero-order chi connectivity index (χ0) is 14.9. The second-order valence-corrected chi connectivity index (χ2v) is 4.78. The molecule has 2 rings (SSSR count). The third kappa shape index (κ3) is 2.43. The summed E-state index contributed by atoms with van der Waals surface area (Å²) in [4.78, 5) is 0. The largest absolute Gasteiger partial charge is 0.309 e. The van der Waals surface area contributed by atoms with Crippen LogP contribution in [0.2, 0.25) is 0 Å². The molecule has 4 nitrogen and oxygen atoms in total. The summed E-state index contributed by atoms with van der Waals surface area (Å²) in [6.45, 7) is 8.04. The normalized spacial score (nSPS) is 12.7. The summed E-state index contributed by atoms with van der Waals surface area (Å²) in [6.07, 6.45) is 0. The van der Waals surface area contributed by atoms with Crippen LogP contribution in [0.1, 0.15) is 36.8 Å². The zero-order valence-electron chi connectivity index (χ0n) is 12.0. The van der Waals surface area contributed by atoms with E-state index in [0.29, 0.717) is 17.0 Å². The van der Waals surface area contributed by atoms with Gasteiger partial charge >= 0.3 is 0 Å². The average Bonchev–Trinajstić information content (AvgIpc) is 2.77. The maximum absolute atomic E-state index is 14.1. The first kappa shape index (κ1) is 14.6. The van der Waals surface area contributed by atoms with E-state index in [-0.39, 0.29) is 11.7 Å². The molecule has 1 heterocycles. The van der Waals surface area contributed by atoms with Crippen molar-refractivity contribution in [3.05, 3.63) is 40.7 Å². The number of benzene rings is 1. The maximum atomic E-state index is 14.1. The van der Waals surface area contributed by atoms with E-state index in [0.717, 1.165) is 6.54 Å². The van der Waals surface area contributed by atoms with E-state index in [1.807, 2.05) is 13.8 Å². The van der Waals surface area contributed by atoms with Gasteiger partial charge in [0, 0.05) is 0 Å². The van der Waals surface area contributed by atoms with Crippen LogP contribution in [0.15, 0.2) is 12.1 Å². The van der Waals surface area contributed by atoms with Crippen LogP contribution in [0.4, 0.5) is 8.78 Å². The second-order valence-electron chi connectivity index (χ2n) is 4.78. The molecule has 6 heteroatoms. The van der Waals surface area contributed by atoms with Gasteiger partial charge in [0.05, 0.1) is 11.7 Å². The first-order valence-electron chi connectivity index (χ1n) is 6.57. The van der Waals surface area contributed by atoms with Gasteiger partial charge < -0.3 is 5.32 Å². The fourth-order valence-electron chi connectivity index (χ4n) is 2.19. The third-order valence-electron chi connectivity index (χ3n) is 3.32. The molecular formula is C14H18F2N4. The van der Waals surface area contributed by atoms with Crippen LogP contribution in [0.3, 0.4) is 0 Å². The molecule has 0 spiro atoms. The molecule has 0 radical (unpaired) electrons. The van der Waals surface area contributed by atoms with Crippen molar-refractivity contribution >= 4 is 0 Å². The first-order chi connectivity index (χ1) is 9.47. The molecule has 0 bridgehead atoms. The lowest BCUT2D eigenvalue weighted by atomic mass is 10.1. The topological polar surface area (TPSA) is 42.7 Å². The minimum Gasteiger partial charge on any atom is -0.309 e. The van der Waals surface area contributed by atoms with Crippen LogP contribution in [0.25, 0.3) is 5.69 Å². The van der Waals surface area contributed by atoms with Gasteiger partial charge in [0.15, 0.2) is 11.6 Å². The fourth-order valence-corrected chi connectivity index (χ4v) is 2.19.